The van der Waals surface area contributed by atoms with Gasteiger partial charge in [-0.05, 0) is 63.9 Å². The van der Waals surface area contributed by atoms with Crippen LogP contribution >= 0.6 is 7.82 Å². The van der Waals surface area contributed by atoms with Gasteiger partial charge in [0.2, 0.25) is 0 Å². The van der Waals surface area contributed by atoms with Gasteiger partial charge < -0.3 is 20.1 Å². The molecule has 0 rings (SSSR count). The van der Waals surface area contributed by atoms with Gasteiger partial charge in [-0.3, -0.25) is 13.8 Å². The third kappa shape index (κ3) is 37.0. The van der Waals surface area contributed by atoms with E-state index in [1.54, 1.807) is 6.26 Å². The fourth-order valence-electron chi connectivity index (χ4n) is 4.88. The zero-order chi connectivity index (χ0) is 36.6. The van der Waals surface area contributed by atoms with Gasteiger partial charge in [-0.25, -0.2) is 4.57 Å². The van der Waals surface area contributed by atoms with Gasteiger partial charge >= 0.3 is 13.8 Å². The van der Waals surface area contributed by atoms with Crippen molar-refractivity contribution in [3.05, 3.63) is 73.1 Å². The molecule has 0 heterocycles. The molecule has 0 saturated carbocycles. The van der Waals surface area contributed by atoms with Crippen LogP contribution in [0.2, 0.25) is 0 Å². The Balaban J connectivity index is 4.27. The van der Waals surface area contributed by atoms with E-state index in [-0.39, 0.29) is 32.8 Å². The average Bonchev–Trinajstić information content (AvgIpc) is 3.10. The number of phosphoric ester groups is 1. The minimum atomic E-state index is -4.31. The quantitative estimate of drug-likeness (QED) is 0.0216. The summed E-state index contributed by atoms with van der Waals surface area (Å²) in [5, 5.41) is 0. The number of esters is 1. The number of ether oxygens (including phenoxy) is 2. The van der Waals surface area contributed by atoms with Gasteiger partial charge in [0.1, 0.15) is 6.61 Å². The molecule has 0 spiro atoms. The third-order valence-corrected chi connectivity index (χ3v) is 8.69. The van der Waals surface area contributed by atoms with E-state index in [1.807, 2.05) is 6.08 Å². The van der Waals surface area contributed by atoms with Crippen LogP contribution in [0.25, 0.3) is 0 Å². The van der Waals surface area contributed by atoms with E-state index in [2.05, 4.69) is 74.6 Å². The molecule has 0 amide bonds. The molecule has 0 bridgehead atoms. The molecule has 0 saturated heterocycles. The molecule has 0 aliphatic heterocycles. The van der Waals surface area contributed by atoms with Crippen molar-refractivity contribution in [1.29, 1.82) is 0 Å². The molecule has 9 heteroatoms. The minimum Gasteiger partial charge on any atom is -0.498 e. The molecular formula is C41H72NO7P. The second-order valence-electron chi connectivity index (χ2n) is 12.5. The number of carbonyl (C=O) groups is 1. The highest BCUT2D eigenvalue weighted by molar-refractivity contribution is 7.47. The number of allylic oxidation sites excluding steroid dienone is 11. The number of hydrogen-bond acceptors (Lipinski definition) is 7. The van der Waals surface area contributed by atoms with E-state index in [4.69, 9.17) is 24.3 Å². The Labute approximate surface area is 305 Å². The Morgan fingerprint density at radius 1 is 0.640 bits per heavy atom. The van der Waals surface area contributed by atoms with Gasteiger partial charge in [0.25, 0.3) is 0 Å². The number of phosphoric acid groups is 1. The van der Waals surface area contributed by atoms with Gasteiger partial charge in [-0.2, -0.15) is 0 Å². The lowest BCUT2D eigenvalue weighted by Crippen LogP contribution is -2.27. The molecule has 0 aliphatic rings. The lowest BCUT2D eigenvalue weighted by Gasteiger charge is -2.19. The van der Waals surface area contributed by atoms with Crippen LogP contribution in [0.1, 0.15) is 149 Å². The van der Waals surface area contributed by atoms with Crippen molar-refractivity contribution in [3.8, 4) is 0 Å². The van der Waals surface area contributed by atoms with E-state index in [9.17, 15) is 14.3 Å². The van der Waals surface area contributed by atoms with E-state index in [0.717, 1.165) is 51.4 Å². The Hall–Kier alpha value is -2.22. The van der Waals surface area contributed by atoms with Crippen LogP contribution in [-0.4, -0.2) is 43.3 Å². The summed E-state index contributed by atoms with van der Waals surface area (Å²) in [7, 11) is -4.31. The van der Waals surface area contributed by atoms with Gasteiger partial charge in [0, 0.05) is 13.0 Å². The third-order valence-electron chi connectivity index (χ3n) is 7.70. The van der Waals surface area contributed by atoms with Crippen molar-refractivity contribution in [2.45, 2.75) is 155 Å². The standard InChI is InChI=1S/C41H72NO7P/c1-3-5-7-9-11-13-15-17-19-20-21-22-24-26-28-30-32-34-41(43)49-40(39-48-50(44,45)47-37-35-42)38-46-36-33-31-29-27-25-23-18-16-14-12-10-8-6-4-2/h5,7,11,13,17,19,21-22,26,28,33,36,40H,3-4,6,8-10,12,14-16,18,20,23-25,27,29-32,34-35,37-39,42H2,1-2H3,(H,44,45)/t40-/m1/s1. The Kier molecular flexibility index (Phi) is 36.3. The molecule has 50 heavy (non-hydrogen) atoms. The highest BCUT2D eigenvalue weighted by atomic mass is 31.2. The lowest BCUT2D eigenvalue weighted by atomic mass is 10.0. The van der Waals surface area contributed by atoms with E-state index in [0.29, 0.717) is 6.42 Å². The molecule has 0 aromatic heterocycles. The maximum Gasteiger partial charge on any atom is 0.472 e. The molecule has 288 valence electrons. The van der Waals surface area contributed by atoms with E-state index < -0.39 is 19.9 Å². The predicted molar refractivity (Wildman–Crippen MR) is 210 cm³/mol. The van der Waals surface area contributed by atoms with Crippen molar-refractivity contribution in [2.24, 2.45) is 5.73 Å². The normalized spacial score (nSPS) is 14.3. The second-order valence-corrected chi connectivity index (χ2v) is 13.9. The van der Waals surface area contributed by atoms with Gasteiger partial charge in [0.05, 0.1) is 19.5 Å². The van der Waals surface area contributed by atoms with Crippen LogP contribution in [0.4, 0.5) is 0 Å². The summed E-state index contributed by atoms with van der Waals surface area (Å²) in [6.45, 7) is 4.04. The van der Waals surface area contributed by atoms with Crippen LogP contribution in [0.5, 0.6) is 0 Å². The molecule has 0 aromatic carbocycles. The summed E-state index contributed by atoms with van der Waals surface area (Å²) < 4.78 is 33.0. The molecule has 1 unspecified atom stereocenters. The first-order valence-electron chi connectivity index (χ1n) is 19.5. The topological polar surface area (TPSA) is 117 Å². The second kappa shape index (κ2) is 38.0. The first-order valence-corrected chi connectivity index (χ1v) is 21.0. The zero-order valence-corrected chi connectivity index (χ0v) is 32.5. The Morgan fingerprint density at radius 2 is 1.14 bits per heavy atom. The number of nitrogens with two attached hydrogens (primary N) is 1. The summed E-state index contributed by atoms with van der Waals surface area (Å²) in [6, 6.07) is 0. The highest BCUT2D eigenvalue weighted by Gasteiger charge is 2.25. The molecule has 0 fully saturated rings. The van der Waals surface area contributed by atoms with Gasteiger partial charge in [0.15, 0.2) is 6.10 Å². The van der Waals surface area contributed by atoms with Crippen molar-refractivity contribution in [2.75, 3.05) is 26.4 Å². The van der Waals surface area contributed by atoms with Crippen molar-refractivity contribution >= 4 is 13.8 Å². The molecular weight excluding hydrogens is 649 g/mol. The SMILES string of the molecule is CCC=CCC=CCC=CCC=CCC=CCCCC(=O)O[C@H](COC=CCCCCCCCCCCCCCC)COP(=O)(O)OCCN. The molecule has 2 atom stereocenters. The minimum absolute atomic E-state index is 0.00629. The molecule has 3 N–H and O–H groups in total. The maximum atomic E-state index is 12.5. The Morgan fingerprint density at radius 3 is 1.68 bits per heavy atom. The summed E-state index contributed by atoms with van der Waals surface area (Å²) in [5.41, 5.74) is 5.34. The summed E-state index contributed by atoms with van der Waals surface area (Å²) in [6.07, 6.45) is 47.3. The summed E-state index contributed by atoms with van der Waals surface area (Å²) >= 11 is 0. The fraction of sp³-hybridized carbons (Fsp3) is 0.683. The maximum absolute atomic E-state index is 12.5. The number of carbonyl (C=O) groups excluding carboxylic acids is 1. The molecule has 0 aromatic rings. The van der Waals surface area contributed by atoms with Crippen molar-refractivity contribution in [3.63, 3.8) is 0 Å². The van der Waals surface area contributed by atoms with Crippen LogP contribution in [0, 0.1) is 0 Å². The smallest absolute Gasteiger partial charge is 0.472 e. The molecule has 8 nitrogen and oxygen atoms in total. The van der Waals surface area contributed by atoms with Crippen LogP contribution < -0.4 is 5.73 Å². The fourth-order valence-corrected chi connectivity index (χ4v) is 5.64. The molecule has 0 radical (unpaired) electrons. The van der Waals surface area contributed by atoms with Crippen molar-refractivity contribution < 1.29 is 32.8 Å². The lowest BCUT2D eigenvalue weighted by molar-refractivity contribution is -0.153. The number of unbranched alkanes of at least 4 members (excludes halogenated alkanes) is 13. The summed E-state index contributed by atoms with van der Waals surface area (Å²) in [5.74, 6) is -0.411. The van der Waals surface area contributed by atoms with Gasteiger partial charge in [-0.15, -0.1) is 0 Å². The van der Waals surface area contributed by atoms with Crippen LogP contribution in [0.3, 0.4) is 0 Å². The first-order chi connectivity index (χ1) is 24.4. The first kappa shape index (κ1) is 47.8. The van der Waals surface area contributed by atoms with E-state index >= 15 is 0 Å². The Bertz CT molecular complexity index is 989. The predicted octanol–water partition coefficient (Wildman–Crippen LogP) is 11.5. The number of rotatable bonds is 36. The van der Waals surface area contributed by atoms with Crippen LogP contribution in [-0.2, 0) is 27.9 Å². The molecule has 0 aliphatic carbocycles. The van der Waals surface area contributed by atoms with Crippen molar-refractivity contribution in [1.82, 2.24) is 0 Å². The van der Waals surface area contributed by atoms with Gasteiger partial charge in [-0.1, -0.05) is 145 Å². The highest BCUT2D eigenvalue weighted by Crippen LogP contribution is 2.43. The largest absolute Gasteiger partial charge is 0.498 e. The monoisotopic (exact) mass is 722 g/mol. The van der Waals surface area contributed by atoms with Crippen LogP contribution in [0.15, 0.2) is 73.1 Å². The average molecular weight is 722 g/mol. The van der Waals surface area contributed by atoms with E-state index in [1.165, 1.54) is 70.6 Å². The summed E-state index contributed by atoms with van der Waals surface area (Å²) in [4.78, 5) is 22.4. The number of hydrogen-bond donors (Lipinski definition) is 2. The zero-order valence-electron chi connectivity index (χ0n) is 31.6.